The van der Waals surface area contributed by atoms with Gasteiger partial charge in [0.15, 0.2) is 5.78 Å². The quantitative estimate of drug-likeness (QED) is 0.587. The molecule has 0 unspecified atom stereocenters. The van der Waals surface area contributed by atoms with Gasteiger partial charge in [-0.3, -0.25) is 4.79 Å². The van der Waals surface area contributed by atoms with Gasteiger partial charge in [0.25, 0.3) is 0 Å². The van der Waals surface area contributed by atoms with Crippen LogP contribution >= 0.6 is 11.6 Å². The lowest BCUT2D eigenvalue weighted by Gasteiger charge is -2.12. The largest absolute Gasteiger partial charge is 0.417 e. The van der Waals surface area contributed by atoms with Crippen LogP contribution in [0.3, 0.4) is 0 Å². The van der Waals surface area contributed by atoms with Gasteiger partial charge in [-0.2, -0.15) is 21.6 Å². The molecule has 0 N–H and O–H groups in total. The molecular formula is C15H10ClF3O4S. The highest BCUT2D eigenvalue weighted by Gasteiger charge is 2.34. The van der Waals surface area contributed by atoms with Gasteiger partial charge in [0, 0.05) is 5.56 Å². The van der Waals surface area contributed by atoms with Crippen LogP contribution in [0.1, 0.15) is 22.8 Å². The SMILES string of the molecule is CC(=O)c1ccc(OS(=O)(=O)c2ccc(Cl)c(C(F)(F)F)c2)cc1. The summed E-state index contributed by atoms with van der Waals surface area (Å²) in [6.45, 7) is 1.33. The fraction of sp³-hybridized carbons (Fsp3) is 0.133. The second-order valence-corrected chi connectivity index (χ2v) is 6.71. The molecule has 0 saturated heterocycles. The van der Waals surface area contributed by atoms with Crippen molar-refractivity contribution in [2.75, 3.05) is 0 Å². The number of alkyl halides is 3. The average molecular weight is 379 g/mol. The molecule has 0 bridgehead atoms. The molecule has 128 valence electrons. The lowest BCUT2D eigenvalue weighted by molar-refractivity contribution is -0.137. The van der Waals surface area contributed by atoms with Gasteiger partial charge in [-0.1, -0.05) is 11.6 Å². The summed E-state index contributed by atoms with van der Waals surface area (Å²) in [5.74, 6) is -0.361. The molecule has 0 fully saturated rings. The fourth-order valence-electron chi connectivity index (χ4n) is 1.80. The van der Waals surface area contributed by atoms with Gasteiger partial charge in [-0.05, 0) is 49.4 Å². The second kappa shape index (κ2) is 6.45. The Labute approximate surface area is 140 Å². The molecule has 0 aromatic heterocycles. The third-order valence-electron chi connectivity index (χ3n) is 3.00. The predicted molar refractivity (Wildman–Crippen MR) is 80.7 cm³/mol. The number of ketones is 1. The number of halogens is 4. The Bertz CT molecular complexity index is 875. The molecule has 2 rings (SSSR count). The van der Waals surface area contributed by atoms with Gasteiger partial charge in [0.05, 0.1) is 10.6 Å². The van der Waals surface area contributed by atoms with Gasteiger partial charge in [0.1, 0.15) is 10.6 Å². The van der Waals surface area contributed by atoms with Crippen LogP contribution in [0.2, 0.25) is 5.02 Å². The Balaban J connectivity index is 2.35. The first-order chi connectivity index (χ1) is 11.0. The summed E-state index contributed by atoms with van der Waals surface area (Å²) in [6.07, 6.45) is -4.80. The van der Waals surface area contributed by atoms with E-state index in [0.717, 1.165) is 12.1 Å². The molecule has 0 aliphatic rings. The predicted octanol–water partition coefficient (Wildman–Crippen LogP) is 4.33. The van der Waals surface area contributed by atoms with Crippen molar-refractivity contribution in [2.45, 2.75) is 18.0 Å². The first kappa shape index (κ1) is 18.3. The van der Waals surface area contributed by atoms with Crippen molar-refractivity contribution in [2.24, 2.45) is 0 Å². The van der Waals surface area contributed by atoms with Gasteiger partial charge in [-0.25, -0.2) is 0 Å². The first-order valence-corrected chi connectivity index (χ1v) is 8.21. The van der Waals surface area contributed by atoms with Gasteiger partial charge < -0.3 is 4.18 Å². The van der Waals surface area contributed by atoms with Crippen LogP contribution in [-0.4, -0.2) is 14.2 Å². The lowest BCUT2D eigenvalue weighted by Crippen LogP contribution is -2.13. The summed E-state index contributed by atoms with van der Waals surface area (Å²) in [5, 5.41) is -0.618. The van der Waals surface area contributed by atoms with Crippen molar-refractivity contribution in [3.63, 3.8) is 0 Å². The van der Waals surface area contributed by atoms with Crippen molar-refractivity contribution < 1.29 is 30.6 Å². The first-order valence-electron chi connectivity index (χ1n) is 6.43. The van der Waals surface area contributed by atoms with E-state index in [1.807, 2.05) is 0 Å². The van der Waals surface area contributed by atoms with Crippen LogP contribution in [0.15, 0.2) is 47.4 Å². The van der Waals surface area contributed by atoms with Crippen LogP contribution in [-0.2, 0) is 16.3 Å². The summed E-state index contributed by atoms with van der Waals surface area (Å²) in [5.41, 5.74) is -0.939. The molecule has 0 spiro atoms. The Kier molecular flexibility index (Phi) is 4.91. The molecule has 0 radical (unpaired) electrons. The van der Waals surface area contributed by atoms with Crippen molar-refractivity contribution in [1.29, 1.82) is 0 Å². The van der Waals surface area contributed by atoms with Crippen molar-refractivity contribution >= 4 is 27.5 Å². The van der Waals surface area contributed by atoms with E-state index in [4.69, 9.17) is 15.8 Å². The van der Waals surface area contributed by atoms with Crippen LogP contribution in [0, 0.1) is 0 Å². The molecule has 2 aromatic carbocycles. The van der Waals surface area contributed by atoms with Crippen molar-refractivity contribution in [3.05, 3.63) is 58.6 Å². The number of carbonyl (C=O) groups is 1. The standard InChI is InChI=1S/C15H10ClF3O4S/c1-9(20)10-2-4-11(5-3-10)23-24(21,22)12-6-7-14(16)13(8-12)15(17,18)19/h2-8H,1H3. The molecular weight excluding hydrogens is 369 g/mol. The number of rotatable bonds is 4. The van der Waals surface area contributed by atoms with Crippen molar-refractivity contribution in [3.8, 4) is 5.75 Å². The van der Waals surface area contributed by atoms with E-state index in [0.29, 0.717) is 11.6 Å². The van der Waals surface area contributed by atoms with Crippen LogP contribution in [0.4, 0.5) is 13.2 Å². The maximum absolute atomic E-state index is 12.8. The minimum absolute atomic E-state index is 0.136. The molecule has 0 aliphatic carbocycles. The molecule has 0 saturated carbocycles. The van der Waals surface area contributed by atoms with Crippen molar-refractivity contribution in [1.82, 2.24) is 0 Å². The molecule has 0 amide bonds. The maximum Gasteiger partial charge on any atom is 0.417 e. The number of hydrogen-bond donors (Lipinski definition) is 0. The highest BCUT2D eigenvalue weighted by molar-refractivity contribution is 7.87. The minimum Gasteiger partial charge on any atom is -0.379 e. The zero-order chi connectivity index (χ0) is 18.1. The highest BCUT2D eigenvalue weighted by atomic mass is 35.5. The minimum atomic E-state index is -4.80. The van der Waals surface area contributed by atoms with E-state index in [9.17, 15) is 26.4 Å². The normalized spacial score (nSPS) is 12.0. The highest BCUT2D eigenvalue weighted by Crippen LogP contribution is 2.36. The van der Waals surface area contributed by atoms with E-state index in [1.165, 1.54) is 31.2 Å². The van der Waals surface area contributed by atoms with Crippen LogP contribution in [0.5, 0.6) is 5.75 Å². The Morgan fingerprint density at radius 3 is 2.17 bits per heavy atom. The number of carbonyl (C=O) groups excluding carboxylic acids is 1. The van der Waals surface area contributed by atoms with Crippen LogP contribution in [0.25, 0.3) is 0 Å². The molecule has 0 heterocycles. The maximum atomic E-state index is 12.8. The monoisotopic (exact) mass is 378 g/mol. The van der Waals surface area contributed by atoms with Gasteiger partial charge >= 0.3 is 16.3 Å². The van der Waals surface area contributed by atoms with Gasteiger partial charge in [-0.15, -0.1) is 0 Å². The number of hydrogen-bond acceptors (Lipinski definition) is 4. The smallest absolute Gasteiger partial charge is 0.379 e. The summed E-state index contributed by atoms with van der Waals surface area (Å²) >= 11 is 5.45. The molecule has 0 atom stereocenters. The molecule has 9 heteroatoms. The Morgan fingerprint density at radius 2 is 1.67 bits per heavy atom. The summed E-state index contributed by atoms with van der Waals surface area (Å²) in [7, 11) is -4.49. The molecule has 2 aromatic rings. The van der Waals surface area contributed by atoms with E-state index >= 15 is 0 Å². The molecule has 0 aliphatic heterocycles. The zero-order valence-electron chi connectivity index (χ0n) is 12.1. The third kappa shape index (κ3) is 4.07. The van der Waals surface area contributed by atoms with E-state index in [-0.39, 0.29) is 11.5 Å². The Hall–Kier alpha value is -2.06. The van der Waals surface area contributed by atoms with Crippen LogP contribution < -0.4 is 4.18 Å². The van der Waals surface area contributed by atoms with Gasteiger partial charge in [0.2, 0.25) is 0 Å². The molecule has 24 heavy (non-hydrogen) atoms. The summed E-state index contributed by atoms with van der Waals surface area (Å²) in [6, 6.07) is 7.30. The number of Topliss-reactive ketones (excluding diaryl/α,β-unsaturated/α-hetero) is 1. The fourth-order valence-corrected chi connectivity index (χ4v) is 2.98. The second-order valence-electron chi connectivity index (χ2n) is 4.76. The summed E-state index contributed by atoms with van der Waals surface area (Å²) in [4.78, 5) is 10.5. The molecule has 4 nitrogen and oxygen atoms in total. The van der Waals surface area contributed by atoms with E-state index in [1.54, 1.807) is 0 Å². The van der Waals surface area contributed by atoms with E-state index in [2.05, 4.69) is 0 Å². The Morgan fingerprint density at radius 1 is 1.08 bits per heavy atom. The third-order valence-corrected chi connectivity index (χ3v) is 4.57. The summed E-state index contributed by atoms with van der Waals surface area (Å²) < 4.78 is 67.4. The zero-order valence-corrected chi connectivity index (χ0v) is 13.7. The topological polar surface area (TPSA) is 60.4 Å². The number of benzene rings is 2. The van der Waals surface area contributed by atoms with E-state index < -0.39 is 31.8 Å². The average Bonchev–Trinajstić information content (AvgIpc) is 2.46. The lowest BCUT2D eigenvalue weighted by atomic mass is 10.1.